The maximum atomic E-state index is 12.7. The van der Waals surface area contributed by atoms with E-state index in [0.29, 0.717) is 30.0 Å². The number of carbonyl (C=O) groups is 2. The summed E-state index contributed by atoms with van der Waals surface area (Å²) in [6, 6.07) is 7.09. The fourth-order valence-corrected chi connectivity index (χ4v) is 3.12. The van der Waals surface area contributed by atoms with E-state index in [-0.39, 0.29) is 17.9 Å². The lowest BCUT2D eigenvalue weighted by Gasteiger charge is -2.18. The number of rotatable bonds is 2. The SMILES string of the molecule is CN1CCC(NC(=O)c2c(Cl)ccc3ncccc23)CCC1=O. The lowest BCUT2D eigenvalue weighted by atomic mass is 10.1. The van der Waals surface area contributed by atoms with Crippen molar-refractivity contribution in [2.45, 2.75) is 25.3 Å². The Kier molecular flexibility index (Phi) is 4.48. The third-order valence-electron chi connectivity index (χ3n) is 4.24. The summed E-state index contributed by atoms with van der Waals surface area (Å²) >= 11 is 6.24. The van der Waals surface area contributed by atoms with Gasteiger partial charge in [-0.15, -0.1) is 0 Å². The highest BCUT2D eigenvalue weighted by atomic mass is 35.5. The Hall–Kier alpha value is -2.14. The fraction of sp³-hybridized carbons (Fsp3) is 0.353. The van der Waals surface area contributed by atoms with Gasteiger partial charge in [-0.25, -0.2) is 0 Å². The number of nitrogens with zero attached hydrogens (tertiary/aromatic N) is 2. The topological polar surface area (TPSA) is 62.3 Å². The van der Waals surface area contributed by atoms with E-state index in [2.05, 4.69) is 10.3 Å². The highest BCUT2D eigenvalue weighted by molar-refractivity contribution is 6.35. The third kappa shape index (κ3) is 3.29. The van der Waals surface area contributed by atoms with Gasteiger partial charge in [0.15, 0.2) is 0 Å². The van der Waals surface area contributed by atoms with Crippen LogP contribution in [0.15, 0.2) is 30.5 Å². The Morgan fingerprint density at radius 1 is 1.35 bits per heavy atom. The quantitative estimate of drug-likeness (QED) is 0.920. The zero-order valence-electron chi connectivity index (χ0n) is 12.9. The minimum atomic E-state index is -0.212. The van der Waals surface area contributed by atoms with Gasteiger partial charge >= 0.3 is 0 Å². The van der Waals surface area contributed by atoms with Gasteiger partial charge in [0.05, 0.1) is 16.1 Å². The Morgan fingerprint density at radius 3 is 3.00 bits per heavy atom. The Balaban J connectivity index is 1.84. The molecule has 1 unspecified atom stereocenters. The van der Waals surface area contributed by atoms with E-state index in [4.69, 9.17) is 11.6 Å². The number of nitrogens with one attached hydrogen (secondary N) is 1. The fourth-order valence-electron chi connectivity index (χ4n) is 2.87. The molecule has 1 aliphatic rings. The zero-order chi connectivity index (χ0) is 16.4. The standard InChI is InChI=1S/C17H18ClN3O2/c1-21-10-8-11(4-7-15(21)22)20-17(23)16-12-3-2-9-19-14(12)6-5-13(16)18/h2-3,5-6,9,11H,4,7-8,10H2,1H3,(H,20,23). The van der Waals surface area contributed by atoms with Crippen LogP contribution in [0.5, 0.6) is 0 Å². The molecule has 0 aliphatic carbocycles. The first kappa shape index (κ1) is 15.7. The van der Waals surface area contributed by atoms with Gasteiger partial charge in [-0.1, -0.05) is 17.7 Å². The summed E-state index contributed by atoms with van der Waals surface area (Å²) in [5, 5.41) is 4.16. The molecule has 0 radical (unpaired) electrons. The number of amides is 2. The number of hydrogen-bond donors (Lipinski definition) is 1. The molecule has 1 aliphatic heterocycles. The van der Waals surface area contributed by atoms with Crippen molar-refractivity contribution in [1.29, 1.82) is 0 Å². The smallest absolute Gasteiger partial charge is 0.253 e. The minimum absolute atomic E-state index is 0.0283. The van der Waals surface area contributed by atoms with Crippen molar-refractivity contribution in [3.63, 3.8) is 0 Å². The van der Waals surface area contributed by atoms with Crippen LogP contribution in [-0.2, 0) is 4.79 Å². The molecule has 2 aromatic rings. The van der Waals surface area contributed by atoms with Crippen LogP contribution in [0, 0.1) is 0 Å². The van der Waals surface area contributed by atoms with Crippen molar-refractivity contribution in [1.82, 2.24) is 15.2 Å². The average molecular weight is 332 g/mol. The maximum Gasteiger partial charge on any atom is 0.253 e. The van der Waals surface area contributed by atoms with Crippen LogP contribution in [0.25, 0.3) is 10.9 Å². The molecule has 0 spiro atoms. The second kappa shape index (κ2) is 6.54. The number of fused-ring (bicyclic) bond motifs is 1. The van der Waals surface area contributed by atoms with Crippen molar-refractivity contribution < 1.29 is 9.59 Å². The van der Waals surface area contributed by atoms with Crippen LogP contribution in [0.4, 0.5) is 0 Å². The van der Waals surface area contributed by atoms with Gasteiger partial charge in [0, 0.05) is 37.6 Å². The van der Waals surface area contributed by atoms with Crippen LogP contribution < -0.4 is 5.32 Å². The highest BCUT2D eigenvalue weighted by Crippen LogP contribution is 2.25. The average Bonchev–Trinajstić information content (AvgIpc) is 2.70. The number of halogens is 1. The first-order chi connectivity index (χ1) is 11.1. The lowest BCUT2D eigenvalue weighted by Crippen LogP contribution is -2.35. The lowest BCUT2D eigenvalue weighted by molar-refractivity contribution is -0.129. The minimum Gasteiger partial charge on any atom is -0.349 e. The molecular weight excluding hydrogens is 314 g/mol. The summed E-state index contributed by atoms with van der Waals surface area (Å²) in [5.74, 6) is -0.0928. The molecule has 2 amide bonds. The number of pyridine rings is 1. The summed E-state index contributed by atoms with van der Waals surface area (Å²) < 4.78 is 0. The van der Waals surface area contributed by atoms with E-state index in [1.807, 2.05) is 6.07 Å². The molecule has 1 atom stereocenters. The largest absolute Gasteiger partial charge is 0.349 e. The molecule has 1 N–H and O–H groups in total. The molecule has 23 heavy (non-hydrogen) atoms. The Labute approximate surface area is 139 Å². The number of aromatic nitrogens is 1. The second-order valence-corrected chi connectivity index (χ2v) is 6.21. The van der Waals surface area contributed by atoms with E-state index in [1.54, 1.807) is 36.3 Å². The van der Waals surface area contributed by atoms with E-state index >= 15 is 0 Å². The molecule has 2 heterocycles. The summed E-state index contributed by atoms with van der Waals surface area (Å²) in [7, 11) is 1.79. The summed E-state index contributed by atoms with van der Waals surface area (Å²) in [4.78, 5) is 30.4. The molecule has 6 heteroatoms. The molecule has 0 saturated carbocycles. The van der Waals surface area contributed by atoms with Crippen molar-refractivity contribution >= 4 is 34.3 Å². The van der Waals surface area contributed by atoms with Gasteiger partial charge in [-0.05, 0) is 31.0 Å². The normalized spacial score (nSPS) is 18.8. The maximum absolute atomic E-state index is 12.7. The first-order valence-electron chi connectivity index (χ1n) is 7.64. The van der Waals surface area contributed by atoms with Crippen molar-refractivity contribution in [3.8, 4) is 0 Å². The van der Waals surface area contributed by atoms with E-state index in [1.165, 1.54) is 0 Å². The van der Waals surface area contributed by atoms with Crippen LogP contribution in [0.2, 0.25) is 5.02 Å². The molecule has 120 valence electrons. The predicted octanol–water partition coefficient (Wildman–Crippen LogP) is 2.63. The van der Waals surface area contributed by atoms with Gasteiger partial charge in [0.1, 0.15) is 0 Å². The Bertz CT molecular complexity index is 763. The molecule has 1 aromatic carbocycles. The Morgan fingerprint density at radius 2 is 2.17 bits per heavy atom. The van der Waals surface area contributed by atoms with Crippen molar-refractivity contribution in [2.24, 2.45) is 0 Å². The van der Waals surface area contributed by atoms with Crippen LogP contribution >= 0.6 is 11.6 Å². The van der Waals surface area contributed by atoms with Crippen LogP contribution in [-0.4, -0.2) is 41.3 Å². The number of carbonyl (C=O) groups excluding carboxylic acids is 2. The summed E-state index contributed by atoms with van der Waals surface area (Å²) in [6.45, 7) is 0.647. The van der Waals surface area contributed by atoms with E-state index in [9.17, 15) is 9.59 Å². The molecule has 1 saturated heterocycles. The number of likely N-dealkylation sites (tertiary alicyclic amines) is 1. The predicted molar refractivity (Wildman–Crippen MR) is 89.5 cm³/mol. The van der Waals surface area contributed by atoms with E-state index < -0.39 is 0 Å². The number of hydrogen-bond acceptors (Lipinski definition) is 3. The first-order valence-corrected chi connectivity index (χ1v) is 8.02. The van der Waals surface area contributed by atoms with Gasteiger partial charge in [0.25, 0.3) is 5.91 Å². The van der Waals surface area contributed by atoms with Crippen molar-refractivity contribution in [3.05, 3.63) is 41.0 Å². The van der Waals surface area contributed by atoms with E-state index in [0.717, 1.165) is 17.3 Å². The summed E-state index contributed by atoms with van der Waals surface area (Å²) in [6.07, 6.45) is 3.53. The van der Waals surface area contributed by atoms with Crippen molar-refractivity contribution in [2.75, 3.05) is 13.6 Å². The molecule has 0 bridgehead atoms. The monoisotopic (exact) mass is 331 g/mol. The molecule has 1 aromatic heterocycles. The second-order valence-electron chi connectivity index (χ2n) is 5.81. The number of benzene rings is 1. The highest BCUT2D eigenvalue weighted by Gasteiger charge is 2.23. The zero-order valence-corrected chi connectivity index (χ0v) is 13.6. The van der Waals surface area contributed by atoms with Gasteiger partial charge in [0.2, 0.25) is 5.91 Å². The summed E-state index contributed by atoms with van der Waals surface area (Å²) in [5.41, 5.74) is 1.18. The molecule has 1 fully saturated rings. The van der Waals surface area contributed by atoms with Gasteiger partial charge in [-0.2, -0.15) is 0 Å². The molecular formula is C17H18ClN3O2. The third-order valence-corrected chi connectivity index (χ3v) is 4.56. The molecule has 5 nitrogen and oxygen atoms in total. The van der Waals surface area contributed by atoms with Crippen LogP contribution in [0.3, 0.4) is 0 Å². The van der Waals surface area contributed by atoms with Crippen LogP contribution in [0.1, 0.15) is 29.6 Å². The van der Waals surface area contributed by atoms with Gasteiger partial charge < -0.3 is 10.2 Å². The molecule has 3 rings (SSSR count). The van der Waals surface area contributed by atoms with Gasteiger partial charge in [-0.3, -0.25) is 14.6 Å².